The molecular formula is C20H23ClN2O4S. The average Bonchev–Trinajstić information content (AvgIpc) is 3.52. The van der Waals surface area contributed by atoms with Gasteiger partial charge in [0.15, 0.2) is 0 Å². The van der Waals surface area contributed by atoms with Crippen molar-refractivity contribution in [2.75, 3.05) is 18.5 Å². The summed E-state index contributed by atoms with van der Waals surface area (Å²) in [7, 11) is -0.997. The third kappa shape index (κ3) is 4.10. The Balaban J connectivity index is 1.92. The molecular weight excluding hydrogens is 400 g/mol. The molecule has 28 heavy (non-hydrogen) atoms. The van der Waals surface area contributed by atoms with Crippen molar-refractivity contribution < 1.29 is 17.9 Å². The Hall–Kier alpha value is -2.25. The van der Waals surface area contributed by atoms with Crippen LogP contribution in [0.4, 0.5) is 5.69 Å². The normalized spacial score (nSPS) is 15.0. The Labute approximate surface area is 170 Å². The molecule has 0 heterocycles. The summed E-state index contributed by atoms with van der Waals surface area (Å²) in [6, 6.07) is 11.0. The smallest absolute Gasteiger partial charge is 0.264 e. The minimum Gasteiger partial charge on any atom is -0.495 e. The van der Waals surface area contributed by atoms with Gasteiger partial charge in [-0.05, 0) is 56.0 Å². The van der Waals surface area contributed by atoms with Crippen LogP contribution in [0.2, 0.25) is 5.02 Å². The zero-order valence-corrected chi connectivity index (χ0v) is 17.5. The van der Waals surface area contributed by atoms with Crippen molar-refractivity contribution in [1.82, 2.24) is 5.32 Å². The Morgan fingerprint density at radius 2 is 1.93 bits per heavy atom. The van der Waals surface area contributed by atoms with Crippen molar-refractivity contribution in [2.24, 2.45) is 5.92 Å². The first-order chi connectivity index (χ1) is 13.3. The molecule has 0 spiro atoms. The SMILES string of the molecule is COc1ccccc1N(C)S(=O)(=O)c1ccc(Cl)c(C(=O)NC(C)C2CC2)c1. The van der Waals surface area contributed by atoms with E-state index >= 15 is 0 Å². The summed E-state index contributed by atoms with van der Waals surface area (Å²) < 4.78 is 32.6. The van der Waals surface area contributed by atoms with Gasteiger partial charge in [0.05, 0.1) is 28.3 Å². The Bertz CT molecular complexity index is 989. The van der Waals surface area contributed by atoms with Crippen LogP contribution in [0.3, 0.4) is 0 Å². The number of carbonyl (C=O) groups excluding carboxylic acids is 1. The van der Waals surface area contributed by atoms with E-state index in [4.69, 9.17) is 16.3 Å². The van der Waals surface area contributed by atoms with Crippen LogP contribution in [0.1, 0.15) is 30.1 Å². The van der Waals surface area contributed by atoms with Crippen LogP contribution in [-0.4, -0.2) is 34.5 Å². The van der Waals surface area contributed by atoms with Gasteiger partial charge in [0, 0.05) is 13.1 Å². The van der Waals surface area contributed by atoms with Crippen LogP contribution in [0.25, 0.3) is 0 Å². The lowest BCUT2D eigenvalue weighted by Gasteiger charge is -2.22. The molecule has 1 aliphatic carbocycles. The van der Waals surface area contributed by atoms with Gasteiger partial charge in [-0.1, -0.05) is 23.7 Å². The first-order valence-corrected chi connectivity index (χ1v) is 10.8. The predicted octanol–water partition coefficient (Wildman–Crippen LogP) is 3.70. The number of hydrogen-bond acceptors (Lipinski definition) is 4. The molecule has 150 valence electrons. The molecule has 8 heteroatoms. The highest BCUT2D eigenvalue weighted by molar-refractivity contribution is 7.92. The summed E-state index contributed by atoms with van der Waals surface area (Å²) in [5.41, 5.74) is 0.539. The van der Waals surface area contributed by atoms with E-state index in [-0.39, 0.29) is 27.4 Å². The van der Waals surface area contributed by atoms with Crippen LogP contribution in [0.5, 0.6) is 5.75 Å². The quantitative estimate of drug-likeness (QED) is 0.738. The molecule has 1 saturated carbocycles. The highest BCUT2D eigenvalue weighted by Gasteiger charge is 2.30. The average molecular weight is 423 g/mol. The summed E-state index contributed by atoms with van der Waals surface area (Å²) >= 11 is 6.17. The third-order valence-electron chi connectivity index (χ3n) is 4.95. The van der Waals surface area contributed by atoms with Gasteiger partial charge in [0.2, 0.25) is 0 Å². The topological polar surface area (TPSA) is 75.7 Å². The first kappa shape index (κ1) is 20.5. The number of sulfonamides is 1. The number of ether oxygens (including phenoxy) is 1. The van der Waals surface area contributed by atoms with Crippen LogP contribution in [0.15, 0.2) is 47.4 Å². The number of amides is 1. The molecule has 6 nitrogen and oxygen atoms in total. The highest BCUT2D eigenvalue weighted by Crippen LogP contribution is 2.33. The molecule has 1 amide bonds. The molecule has 1 atom stereocenters. The zero-order chi connectivity index (χ0) is 20.5. The van der Waals surface area contributed by atoms with E-state index in [9.17, 15) is 13.2 Å². The number of hydrogen-bond donors (Lipinski definition) is 1. The summed E-state index contributed by atoms with van der Waals surface area (Å²) in [5, 5.41) is 3.11. The number of benzene rings is 2. The van der Waals surface area contributed by atoms with Crippen LogP contribution in [0, 0.1) is 5.92 Å². The number of methoxy groups -OCH3 is 1. The monoisotopic (exact) mass is 422 g/mol. The van der Waals surface area contributed by atoms with E-state index in [0.717, 1.165) is 17.1 Å². The van der Waals surface area contributed by atoms with E-state index in [1.807, 2.05) is 6.92 Å². The molecule has 1 fully saturated rings. The van der Waals surface area contributed by atoms with Gasteiger partial charge in [-0.2, -0.15) is 0 Å². The van der Waals surface area contributed by atoms with Crippen molar-refractivity contribution in [3.8, 4) is 5.75 Å². The minimum atomic E-state index is -3.92. The van der Waals surface area contributed by atoms with Crippen molar-refractivity contribution in [3.63, 3.8) is 0 Å². The van der Waals surface area contributed by atoms with Crippen LogP contribution >= 0.6 is 11.6 Å². The molecule has 0 bridgehead atoms. The zero-order valence-electron chi connectivity index (χ0n) is 16.0. The molecule has 1 aliphatic rings. The molecule has 3 rings (SSSR count). The van der Waals surface area contributed by atoms with Crippen LogP contribution < -0.4 is 14.4 Å². The molecule has 0 aliphatic heterocycles. The van der Waals surface area contributed by atoms with Crippen LogP contribution in [-0.2, 0) is 10.0 Å². The lowest BCUT2D eigenvalue weighted by atomic mass is 10.1. The molecule has 1 N–H and O–H groups in total. The van der Waals surface area contributed by atoms with E-state index in [1.165, 1.54) is 32.4 Å². The molecule has 2 aromatic carbocycles. The Morgan fingerprint density at radius 3 is 2.57 bits per heavy atom. The number of nitrogens with zero attached hydrogens (tertiary/aromatic N) is 1. The van der Waals surface area contributed by atoms with Crippen molar-refractivity contribution >= 4 is 33.2 Å². The largest absolute Gasteiger partial charge is 0.495 e. The number of anilines is 1. The maximum atomic E-state index is 13.1. The van der Waals surface area contributed by atoms with Crippen molar-refractivity contribution in [2.45, 2.75) is 30.7 Å². The summed E-state index contributed by atoms with van der Waals surface area (Å²) in [6.45, 7) is 1.94. The second-order valence-electron chi connectivity index (χ2n) is 6.89. The molecule has 1 unspecified atom stereocenters. The van der Waals surface area contributed by atoms with Gasteiger partial charge in [-0.25, -0.2) is 8.42 Å². The van der Waals surface area contributed by atoms with Gasteiger partial charge in [-0.15, -0.1) is 0 Å². The predicted molar refractivity (Wildman–Crippen MR) is 110 cm³/mol. The number of carbonyl (C=O) groups is 1. The fraction of sp³-hybridized carbons (Fsp3) is 0.350. The third-order valence-corrected chi connectivity index (χ3v) is 7.05. The first-order valence-electron chi connectivity index (χ1n) is 8.98. The molecule has 0 saturated heterocycles. The fourth-order valence-electron chi connectivity index (χ4n) is 3.01. The van der Waals surface area contributed by atoms with E-state index in [2.05, 4.69) is 5.32 Å². The summed E-state index contributed by atoms with van der Waals surface area (Å²) in [4.78, 5) is 12.6. The van der Waals surface area contributed by atoms with Crippen molar-refractivity contribution in [3.05, 3.63) is 53.1 Å². The number of para-hydroxylation sites is 2. The lowest BCUT2D eigenvalue weighted by molar-refractivity contribution is 0.0936. The number of nitrogens with one attached hydrogen (secondary N) is 1. The molecule has 2 aromatic rings. The van der Waals surface area contributed by atoms with Gasteiger partial charge < -0.3 is 10.1 Å². The van der Waals surface area contributed by atoms with E-state index in [0.29, 0.717) is 17.4 Å². The standard InChI is InChI=1S/C20H23ClN2O4S/c1-13(14-8-9-14)22-20(24)16-12-15(10-11-17(16)21)28(25,26)23(2)18-6-4-5-7-19(18)27-3/h4-7,10-14H,8-9H2,1-3H3,(H,22,24). The maximum Gasteiger partial charge on any atom is 0.264 e. The summed E-state index contributed by atoms with van der Waals surface area (Å²) in [5.74, 6) is 0.534. The Morgan fingerprint density at radius 1 is 1.25 bits per heavy atom. The lowest BCUT2D eigenvalue weighted by Crippen LogP contribution is -2.34. The minimum absolute atomic E-state index is 0.0190. The second kappa shape index (κ2) is 8.01. The van der Waals surface area contributed by atoms with E-state index < -0.39 is 10.0 Å². The molecule has 0 aromatic heterocycles. The second-order valence-corrected chi connectivity index (χ2v) is 9.26. The van der Waals surface area contributed by atoms with Gasteiger partial charge in [-0.3, -0.25) is 9.10 Å². The van der Waals surface area contributed by atoms with Gasteiger partial charge in [0.25, 0.3) is 15.9 Å². The Kier molecular flexibility index (Phi) is 5.86. The number of halogens is 1. The maximum absolute atomic E-state index is 13.1. The summed E-state index contributed by atoms with van der Waals surface area (Å²) in [6.07, 6.45) is 2.18. The van der Waals surface area contributed by atoms with Gasteiger partial charge >= 0.3 is 0 Å². The van der Waals surface area contributed by atoms with Gasteiger partial charge in [0.1, 0.15) is 5.75 Å². The number of rotatable bonds is 7. The van der Waals surface area contributed by atoms with Crippen molar-refractivity contribution in [1.29, 1.82) is 0 Å². The van der Waals surface area contributed by atoms with E-state index in [1.54, 1.807) is 24.3 Å². The highest BCUT2D eigenvalue weighted by atomic mass is 35.5. The fourth-order valence-corrected chi connectivity index (χ4v) is 4.45. The molecule has 0 radical (unpaired) electrons.